The maximum atomic E-state index is 10.1. The van der Waals surface area contributed by atoms with E-state index >= 15 is 0 Å². The van der Waals surface area contributed by atoms with Crippen LogP contribution in [0.25, 0.3) is 0 Å². The first-order valence-electron chi connectivity index (χ1n) is 11.9. The summed E-state index contributed by atoms with van der Waals surface area (Å²) in [5.74, 6) is 2.95. The van der Waals surface area contributed by atoms with Gasteiger partial charge in [0, 0.05) is 11.0 Å². The fourth-order valence-electron chi connectivity index (χ4n) is 5.48. The molecule has 160 valence electrons. The molecule has 0 aromatic heterocycles. The largest absolute Gasteiger partial charge is 0.504 e. The zero-order chi connectivity index (χ0) is 20.7. The highest BCUT2D eigenvalue weighted by atomic mass is 16.5. The van der Waals surface area contributed by atoms with Crippen molar-refractivity contribution in [3.05, 3.63) is 23.3 Å². The Bertz CT molecular complexity index is 611. The lowest BCUT2D eigenvalue weighted by Crippen LogP contribution is -2.49. The van der Waals surface area contributed by atoms with E-state index in [1.807, 2.05) is 40.8 Å². The van der Waals surface area contributed by atoms with Gasteiger partial charge in [-0.05, 0) is 88.4 Å². The highest BCUT2D eigenvalue weighted by molar-refractivity contribution is 5.59. The fraction of sp³-hybridized carbons (Fsp3) is 0.760. The second-order valence-electron chi connectivity index (χ2n) is 8.12. The molecule has 2 unspecified atom stereocenters. The molecule has 1 aromatic carbocycles. The molecule has 2 fully saturated rings. The molecular weight excluding hydrogens is 346 g/mol. The lowest BCUT2D eigenvalue weighted by atomic mass is 9.55. The van der Waals surface area contributed by atoms with Crippen molar-refractivity contribution in [1.82, 2.24) is 5.32 Å². The summed E-state index contributed by atoms with van der Waals surface area (Å²) in [7, 11) is 2.01. The van der Waals surface area contributed by atoms with Crippen molar-refractivity contribution in [1.29, 1.82) is 0 Å². The second kappa shape index (κ2) is 10.5. The van der Waals surface area contributed by atoms with Gasteiger partial charge in [-0.2, -0.15) is 0 Å². The number of hydrogen-bond acceptors (Lipinski definition) is 3. The van der Waals surface area contributed by atoms with Crippen molar-refractivity contribution in [3.8, 4) is 11.5 Å². The van der Waals surface area contributed by atoms with Crippen molar-refractivity contribution >= 4 is 0 Å². The number of hydrogen-bond donors (Lipinski definition) is 2. The van der Waals surface area contributed by atoms with E-state index in [9.17, 15) is 5.11 Å². The molecule has 3 atom stereocenters. The summed E-state index contributed by atoms with van der Waals surface area (Å²) < 4.78 is 6.18. The number of phenolic OH excluding ortho intramolecular Hbond substituents is 1. The Hall–Kier alpha value is -1.22. The average Bonchev–Trinajstić information content (AvgIpc) is 3.50. The zero-order valence-electron chi connectivity index (χ0n) is 19.1. The maximum Gasteiger partial charge on any atom is 0.165 e. The number of rotatable bonds is 3. The van der Waals surface area contributed by atoms with Crippen molar-refractivity contribution in [2.75, 3.05) is 13.6 Å². The molecule has 0 saturated heterocycles. The Morgan fingerprint density at radius 1 is 1.07 bits per heavy atom. The van der Waals surface area contributed by atoms with Gasteiger partial charge in [-0.15, -0.1) is 0 Å². The third-order valence-electron chi connectivity index (χ3n) is 6.81. The highest BCUT2D eigenvalue weighted by Gasteiger charge is 2.57. The molecule has 0 radical (unpaired) electrons. The molecule has 3 heteroatoms. The molecule has 2 saturated carbocycles. The highest BCUT2D eigenvalue weighted by Crippen LogP contribution is 2.61. The van der Waals surface area contributed by atoms with E-state index < -0.39 is 0 Å². The van der Waals surface area contributed by atoms with E-state index in [-0.39, 0.29) is 5.41 Å². The van der Waals surface area contributed by atoms with Crippen LogP contribution >= 0.6 is 0 Å². The standard InChI is InChI=1S/C16H20O2.C5H11N.2C2H6/c1-2-16-11-4-3-5-13(16)18-15-12(17)9-7-10(6-8-11)14(15)16;1-6-4-5-2-3-5;2*1-2/h7,9,11,13,17H,2-6,8H2,1H3;5-6H,2-4H2,1H3;2*1-2H3/t11?,13?,16-;;;/m0.../s1. The molecule has 3 aliphatic carbocycles. The molecule has 1 aromatic rings. The van der Waals surface area contributed by atoms with Crippen molar-refractivity contribution in [2.45, 2.75) is 97.5 Å². The molecule has 5 rings (SSSR count). The first-order chi connectivity index (χ1) is 13.7. The lowest BCUT2D eigenvalue weighted by Gasteiger charge is -2.47. The quantitative estimate of drug-likeness (QED) is 0.645. The van der Waals surface area contributed by atoms with E-state index in [0.29, 0.717) is 11.9 Å². The van der Waals surface area contributed by atoms with Crippen LogP contribution in [-0.4, -0.2) is 24.8 Å². The number of ether oxygens (including phenoxy) is 1. The molecule has 1 heterocycles. The van der Waals surface area contributed by atoms with Gasteiger partial charge in [0.25, 0.3) is 0 Å². The van der Waals surface area contributed by atoms with Crippen LogP contribution < -0.4 is 10.1 Å². The smallest absolute Gasteiger partial charge is 0.165 e. The first kappa shape index (κ1) is 23.1. The Labute approximate surface area is 173 Å². The minimum Gasteiger partial charge on any atom is -0.504 e. The van der Waals surface area contributed by atoms with Gasteiger partial charge < -0.3 is 15.2 Å². The van der Waals surface area contributed by atoms with Crippen molar-refractivity contribution < 1.29 is 9.84 Å². The second-order valence-corrected chi connectivity index (χ2v) is 8.12. The molecule has 2 N–H and O–H groups in total. The minimum atomic E-state index is 0.208. The number of aryl methyl sites for hydroxylation is 1. The topological polar surface area (TPSA) is 41.5 Å². The van der Waals surface area contributed by atoms with E-state index in [2.05, 4.69) is 18.3 Å². The predicted octanol–water partition coefficient (Wildman–Crippen LogP) is 6.22. The molecule has 0 bridgehead atoms. The number of phenols is 1. The molecule has 1 aliphatic heterocycles. The molecule has 28 heavy (non-hydrogen) atoms. The van der Waals surface area contributed by atoms with Crippen LogP contribution in [0.2, 0.25) is 0 Å². The van der Waals surface area contributed by atoms with Crippen LogP contribution in [0.15, 0.2) is 12.1 Å². The normalized spacial score (nSPS) is 28.2. The van der Waals surface area contributed by atoms with Gasteiger partial charge in [0.15, 0.2) is 11.5 Å². The monoisotopic (exact) mass is 389 g/mol. The zero-order valence-corrected chi connectivity index (χ0v) is 19.1. The van der Waals surface area contributed by atoms with Gasteiger partial charge in [0.05, 0.1) is 0 Å². The van der Waals surface area contributed by atoms with Gasteiger partial charge in [0.1, 0.15) is 6.10 Å². The van der Waals surface area contributed by atoms with Gasteiger partial charge >= 0.3 is 0 Å². The van der Waals surface area contributed by atoms with Gasteiger partial charge in [-0.25, -0.2) is 0 Å². The lowest BCUT2D eigenvalue weighted by molar-refractivity contribution is 0.0404. The number of aromatic hydroxyl groups is 1. The predicted molar refractivity (Wildman–Crippen MR) is 120 cm³/mol. The van der Waals surface area contributed by atoms with E-state index in [4.69, 9.17) is 4.74 Å². The van der Waals surface area contributed by atoms with Crippen molar-refractivity contribution in [2.24, 2.45) is 11.8 Å². The Morgan fingerprint density at radius 3 is 2.36 bits per heavy atom. The molecular formula is C25H43NO2. The van der Waals surface area contributed by atoms with E-state index in [1.165, 1.54) is 49.8 Å². The number of nitrogens with one attached hydrogen (secondary N) is 1. The summed E-state index contributed by atoms with van der Waals surface area (Å²) in [6, 6.07) is 3.93. The summed E-state index contributed by atoms with van der Waals surface area (Å²) >= 11 is 0. The van der Waals surface area contributed by atoms with Crippen molar-refractivity contribution in [3.63, 3.8) is 0 Å². The third kappa shape index (κ3) is 4.20. The molecule has 0 spiro atoms. The van der Waals surface area contributed by atoms with Crippen LogP contribution in [0.5, 0.6) is 11.5 Å². The van der Waals surface area contributed by atoms with Gasteiger partial charge in [0.2, 0.25) is 0 Å². The Balaban J connectivity index is 0.000000237. The van der Waals surface area contributed by atoms with Gasteiger partial charge in [-0.3, -0.25) is 0 Å². The SMILES string of the molecule is CC.CC.CC[C@@]12c3c4ccc(O)c3OC1CCCC2CC4.CNCC1CC1. The Morgan fingerprint density at radius 2 is 1.79 bits per heavy atom. The maximum absolute atomic E-state index is 10.1. The summed E-state index contributed by atoms with van der Waals surface area (Å²) in [6.45, 7) is 11.5. The molecule has 0 amide bonds. The third-order valence-corrected chi connectivity index (χ3v) is 6.81. The van der Waals surface area contributed by atoms with Crippen LogP contribution in [-0.2, 0) is 11.8 Å². The van der Waals surface area contributed by atoms with Crippen LogP contribution in [0.3, 0.4) is 0 Å². The minimum absolute atomic E-state index is 0.208. The van der Waals surface area contributed by atoms with E-state index in [1.54, 1.807) is 0 Å². The summed E-state index contributed by atoms with van der Waals surface area (Å²) in [4.78, 5) is 0. The fourth-order valence-corrected chi connectivity index (χ4v) is 5.48. The summed E-state index contributed by atoms with van der Waals surface area (Å²) in [5, 5.41) is 13.2. The summed E-state index contributed by atoms with van der Waals surface area (Å²) in [5.41, 5.74) is 3.00. The first-order valence-corrected chi connectivity index (χ1v) is 11.9. The van der Waals surface area contributed by atoms with Crippen LogP contribution in [0.1, 0.15) is 90.7 Å². The van der Waals surface area contributed by atoms with Gasteiger partial charge in [-0.1, -0.05) is 40.7 Å². The number of benzene rings is 1. The summed E-state index contributed by atoms with van der Waals surface area (Å²) in [6.07, 6.45) is 10.6. The van der Waals surface area contributed by atoms with Crippen LogP contribution in [0, 0.1) is 11.8 Å². The Kier molecular flexibility index (Phi) is 8.67. The van der Waals surface area contributed by atoms with Crippen LogP contribution in [0.4, 0.5) is 0 Å². The molecule has 3 nitrogen and oxygen atoms in total. The van der Waals surface area contributed by atoms with E-state index in [0.717, 1.165) is 36.8 Å². The average molecular weight is 390 g/mol. The molecule has 4 aliphatic rings.